The minimum Gasteiger partial charge on any atom is -0.493 e. The van der Waals surface area contributed by atoms with Crippen LogP contribution in [0.25, 0.3) is 11.0 Å². The molecule has 51 heavy (non-hydrogen) atoms. The summed E-state index contributed by atoms with van der Waals surface area (Å²) in [5.41, 5.74) is 4.36. The van der Waals surface area contributed by atoms with E-state index in [2.05, 4.69) is 20.9 Å². The lowest BCUT2D eigenvalue weighted by Crippen LogP contribution is -2.40. The van der Waals surface area contributed by atoms with Crippen LogP contribution in [0.5, 0.6) is 17.2 Å². The summed E-state index contributed by atoms with van der Waals surface area (Å²) in [4.78, 5) is 22.7. The second-order valence-corrected chi connectivity index (χ2v) is 13.0. The highest BCUT2D eigenvalue weighted by molar-refractivity contribution is 5.95. The number of likely N-dealkylation sites (N-methyl/N-ethyl adjacent to an activating group) is 1. The Morgan fingerprint density at radius 2 is 1.53 bits per heavy atom. The summed E-state index contributed by atoms with van der Waals surface area (Å²) in [6.07, 6.45) is 2.69. The van der Waals surface area contributed by atoms with Gasteiger partial charge in [0.05, 0.1) is 38.9 Å². The second kappa shape index (κ2) is 16.2. The van der Waals surface area contributed by atoms with Gasteiger partial charge in [-0.1, -0.05) is 36.4 Å². The average Bonchev–Trinajstić information content (AvgIpc) is 3.50. The number of ether oxygens (including phenoxy) is 3. The lowest BCUT2D eigenvalue weighted by Gasteiger charge is -2.34. The van der Waals surface area contributed by atoms with Gasteiger partial charge in [0.15, 0.2) is 11.5 Å². The number of nitrogens with one attached hydrogen (secondary N) is 1. The van der Waals surface area contributed by atoms with E-state index >= 15 is 0 Å². The summed E-state index contributed by atoms with van der Waals surface area (Å²) in [5.74, 6) is 1.32. The summed E-state index contributed by atoms with van der Waals surface area (Å²) in [7, 11) is 6.34. The van der Waals surface area contributed by atoms with Gasteiger partial charge in [0.25, 0.3) is 5.91 Å². The molecule has 1 aliphatic heterocycles. The van der Waals surface area contributed by atoms with Crippen LogP contribution in [0.1, 0.15) is 46.7 Å². The number of para-hydroxylation sites is 2. The van der Waals surface area contributed by atoms with Crippen molar-refractivity contribution in [2.24, 2.45) is 0 Å². The monoisotopic (exact) mass is 697 g/mol. The zero-order valence-electron chi connectivity index (χ0n) is 29.6. The van der Waals surface area contributed by atoms with Crippen molar-refractivity contribution < 1.29 is 27.8 Å². The second-order valence-electron chi connectivity index (χ2n) is 13.0. The van der Waals surface area contributed by atoms with Crippen LogP contribution in [-0.4, -0.2) is 85.9 Å². The van der Waals surface area contributed by atoms with E-state index < -0.39 is 0 Å². The number of anilines is 1. The van der Waals surface area contributed by atoms with Gasteiger partial charge in [0.1, 0.15) is 11.6 Å². The fourth-order valence-electron chi connectivity index (χ4n) is 6.88. The molecule has 9 nitrogen and oxygen atoms in total. The van der Waals surface area contributed by atoms with E-state index in [-0.39, 0.29) is 29.5 Å². The van der Waals surface area contributed by atoms with Gasteiger partial charge >= 0.3 is 0 Å². The Balaban J connectivity index is 1.10. The number of piperidine rings is 1. The molecule has 0 saturated carbocycles. The maximum atomic E-state index is 13.9. The number of imidazole rings is 1. The predicted molar refractivity (Wildman–Crippen MR) is 195 cm³/mol. The van der Waals surface area contributed by atoms with Gasteiger partial charge in [0, 0.05) is 44.2 Å². The zero-order valence-corrected chi connectivity index (χ0v) is 29.6. The molecular formula is C40H45F2N5O4. The third kappa shape index (κ3) is 8.42. The number of likely N-dealkylation sites (tertiary alicyclic amines) is 1. The van der Waals surface area contributed by atoms with Crippen LogP contribution in [-0.2, 0) is 6.54 Å². The molecule has 1 amide bonds. The van der Waals surface area contributed by atoms with E-state index in [4.69, 9.17) is 19.2 Å². The molecule has 0 spiro atoms. The molecule has 268 valence electrons. The number of methoxy groups -OCH3 is 3. The molecule has 6 rings (SSSR count). The van der Waals surface area contributed by atoms with Gasteiger partial charge in [-0.15, -0.1) is 0 Å². The van der Waals surface area contributed by atoms with Crippen molar-refractivity contribution in [3.63, 3.8) is 0 Å². The Labute approximate surface area is 297 Å². The maximum Gasteiger partial charge on any atom is 0.253 e. The number of aromatic nitrogens is 2. The summed E-state index contributed by atoms with van der Waals surface area (Å²) in [6.45, 7) is 3.69. The number of carbonyl (C=O) groups excluding carboxylic acids is 1. The Bertz CT molecular complexity index is 1900. The summed E-state index contributed by atoms with van der Waals surface area (Å²) >= 11 is 0. The van der Waals surface area contributed by atoms with Crippen molar-refractivity contribution in [2.45, 2.75) is 37.8 Å². The fourth-order valence-corrected chi connectivity index (χ4v) is 6.88. The first kappa shape index (κ1) is 35.7. The smallest absolute Gasteiger partial charge is 0.253 e. The summed E-state index contributed by atoms with van der Waals surface area (Å²) < 4.78 is 46.0. The third-order valence-electron chi connectivity index (χ3n) is 9.72. The number of rotatable bonds is 14. The predicted octanol–water partition coefficient (Wildman–Crippen LogP) is 7.21. The molecule has 0 radical (unpaired) electrons. The molecule has 0 bridgehead atoms. The Kier molecular flexibility index (Phi) is 11.4. The Morgan fingerprint density at radius 1 is 0.902 bits per heavy atom. The molecule has 1 atom stereocenters. The van der Waals surface area contributed by atoms with E-state index in [1.165, 1.54) is 45.6 Å². The van der Waals surface area contributed by atoms with Crippen molar-refractivity contribution in [1.29, 1.82) is 0 Å². The van der Waals surface area contributed by atoms with Crippen LogP contribution >= 0.6 is 0 Å². The van der Waals surface area contributed by atoms with Crippen LogP contribution in [0.3, 0.4) is 0 Å². The minimum absolute atomic E-state index is 0.0104. The number of benzene rings is 4. The number of nitrogens with zero attached hydrogens (tertiary/aromatic N) is 4. The SMILES string of the molecule is COc1cc(C(=O)N(C)CC(CCN2CCC(Nc3nc4ccccc4n3Cc3ccc(F)cc3)CC2)c2ccc(F)cc2)cc(OC)c1OC. The minimum atomic E-state index is -0.292. The lowest BCUT2D eigenvalue weighted by molar-refractivity contribution is 0.0781. The molecule has 2 heterocycles. The van der Waals surface area contributed by atoms with Crippen molar-refractivity contribution in [3.05, 3.63) is 113 Å². The number of amides is 1. The zero-order chi connectivity index (χ0) is 35.9. The number of halogens is 2. The van der Waals surface area contributed by atoms with Crippen LogP contribution in [0.2, 0.25) is 0 Å². The Morgan fingerprint density at radius 3 is 2.16 bits per heavy atom. The van der Waals surface area contributed by atoms with Crippen LogP contribution in [0.4, 0.5) is 14.7 Å². The van der Waals surface area contributed by atoms with E-state index in [1.807, 2.05) is 42.5 Å². The van der Waals surface area contributed by atoms with Crippen molar-refractivity contribution in [1.82, 2.24) is 19.4 Å². The third-order valence-corrected chi connectivity index (χ3v) is 9.72. The molecule has 1 fully saturated rings. The molecule has 0 aliphatic carbocycles. The molecule has 1 aliphatic rings. The van der Waals surface area contributed by atoms with Gasteiger partial charge in [-0.25, -0.2) is 13.8 Å². The number of fused-ring (bicyclic) bond motifs is 1. The first-order valence-electron chi connectivity index (χ1n) is 17.3. The number of hydrogen-bond donors (Lipinski definition) is 1. The number of carbonyl (C=O) groups is 1. The molecular weight excluding hydrogens is 652 g/mol. The van der Waals surface area contributed by atoms with E-state index in [1.54, 1.807) is 24.1 Å². The Hall–Kier alpha value is -5.16. The van der Waals surface area contributed by atoms with Gasteiger partial charge in [-0.3, -0.25) is 4.79 Å². The first-order chi connectivity index (χ1) is 24.8. The highest BCUT2D eigenvalue weighted by Gasteiger charge is 2.25. The quantitative estimate of drug-likeness (QED) is 0.131. The van der Waals surface area contributed by atoms with Crippen molar-refractivity contribution >= 4 is 22.9 Å². The van der Waals surface area contributed by atoms with Crippen LogP contribution in [0.15, 0.2) is 84.9 Å². The van der Waals surface area contributed by atoms with Crippen LogP contribution in [0, 0.1) is 11.6 Å². The summed E-state index contributed by atoms with van der Waals surface area (Å²) in [5, 5.41) is 3.71. The van der Waals surface area contributed by atoms with Crippen LogP contribution < -0.4 is 19.5 Å². The standard InChI is InChI=1S/C40H45F2N5O4/c1-45(39(48)30-23-36(49-2)38(51-4)37(24-30)50-3)26-29(28-11-15-32(42)16-12-28)17-20-46-21-18-33(19-22-46)43-40-44-34-7-5-6-8-35(34)47(40)25-27-9-13-31(41)14-10-27/h5-16,23-24,29,33H,17-22,25-26H2,1-4H3,(H,43,44). The topological polar surface area (TPSA) is 81.1 Å². The first-order valence-corrected chi connectivity index (χ1v) is 17.3. The van der Waals surface area contributed by atoms with E-state index in [9.17, 15) is 13.6 Å². The molecule has 4 aromatic carbocycles. The lowest BCUT2D eigenvalue weighted by atomic mass is 9.94. The number of hydrogen-bond acceptors (Lipinski definition) is 7. The molecule has 5 aromatic rings. The van der Waals surface area contributed by atoms with E-state index in [0.717, 1.165) is 67.0 Å². The maximum absolute atomic E-state index is 13.9. The average molecular weight is 698 g/mol. The molecule has 1 saturated heterocycles. The molecule has 1 unspecified atom stereocenters. The van der Waals surface area contributed by atoms with Crippen molar-refractivity contribution in [2.75, 3.05) is 59.9 Å². The van der Waals surface area contributed by atoms with E-state index in [0.29, 0.717) is 35.9 Å². The largest absolute Gasteiger partial charge is 0.493 e. The summed E-state index contributed by atoms with van der Waals surface area (Å²) in [6, 6.07) is 24.8. The van der Waals surface area contributed by atoms with Gasteiger partial charge in [-0.05, 0) is 85.5 Å². The fraction of sp³-hybridized carbons (Fsp3) is 0.350. The van der Waals surface area contributed by atoms with Gasteiger partial charge < -0.3 is 33.9 Å². The highest BCUT2D eigenvalue weighted by atomic mass is 19.1. The van der Waals surface area contributed by atoms with Crippen molar-refractivity contribution in [3.8, 4) is 17.2 Å². The van der Waals surface area contributed by atoms with Gasteiger partial charge in [0.2, 0.25) is 11.7 Å². The highest BCUT2D eigenvalue weighted by Crippen LogP contribution is 2.38. The normalized spacial score (nSPS) is 14.3. The molecule has 1 N–H and O–H groups in total. The van der Waals surface area contributed by atoms with Gasteiger partial charge in [-0.2, -0.15) is 0 Å². The molecule has 11 heteroatoms. The molecule has 1 aromatic heterocycles.